The molecule has 2 heterocycles. The molecular formula is C21H26N4O2. The number of hydrogen-bond acceptors (Lipinski definition) is 3. The number of carbonyl (C=O) groups excluding carboxylic acids is 2. The zero-order chi connectivity index (χ0) is 19.8. The highest BCUT2D eigenvalue weighted by atomic mass is 16.2. The third-order valence-electron chi connectivity index (χ3n) is 4.99. The maximum Gasteiger partial charge on any atom is 0.346 e. The van der Waals surface area contributed by atoms with Gasteiger partial charge in [-0.25, -0.2) is 4.79 Å². The van der Waals surface area contributed by atoms with Crippen LogP contribution in [0, 0.1) is 19.8 Å². The van der Waals surface area contributed by atoms with E-state index in [0.29, 0.717) is 5.92 Å². The lowest BCUT2D eigenvalue weighted by molar-refractivity contribution is -0.131. The third-order valence-corrected chi connectivity index (χ3v) is 4.99. The highest BCUT2D eigenvalue weighted by molar-refractivity contribution is 6.07. The number of rotatable bonds is 5. The Hall–Kier alpha value is -2.89. The van der Waals surface area contributed by atoms with Gasteiger partial charge in [0.1, 0.15) is 5.54 Å². The fourth-order valence-corrected chi connectivity index (χ4v) is 3.42. The van der Waals surface area contributed by atoms with Crippen LogP contribution in [0.2, 0.25) is 0 Å². The minimum atomic E-state index is -1.11. The minimum absolute atomic E-state index is 0.383. The summed E-state index contributed by atoms with van der Waals surface area (Å²) in [5, 5.41) is 7.88. The lowest BCUT2D eigenvalue weighted by atomic mass is 9.92. The van der Waals surface area contributed by atoms with Crippen LogP contribution >= 0.6 is 0 Å². The molecule has 3 rings (SSSR count). The maximum absolute atomic E-state index is 12.9. The molecule has 0 bridgehead atoms. The number of imide groups is 1. The SMILES string of the molecule is Cc1cc(/C=N\N2C(=O)N[C@@](C)(c3ccccc3)C2=O)c(C)n1CC(C)C. The average Bonchev–Trinajstić information content (AvgIpc) is 3.01. The van der Waals surface area contributed by atoms with Crippen molar-refractivity contribution >= 4 is 18.2 Å². The highest BCUT2D eigenvalue weighted by Gasteiger charge is 2.49. The molecule has 142 valence electrons. The van der Waals surface area contributed by atoms with Gasteiger partial charge < -0.3 is 9.88 Å². The molecule has 2 aromatic rings. The molecule has 0 aliphatic carbocycles. The van der Waals surface area contributed by atoms with Crippen LogP contribution in [-0.2, 0) is 16.9 Å². The first-order valence-corrected chi connectivity index (χ1v) is 9.17. The van der Waals surface area contributed by atoms with E-state index in [1.165, 1.54) is 0 Å². The number of carbonyl (C=O) groups is 2. The molecule has 1 aliphatic heterocycles. The number of benzene rings is 1. The minimum Gasteiger partial charge on any atom is -0.348 e. The molecule has 6 nitrogen and oxygen atoms in total. The van der Waals surface area contributed by atoms with Gasteiger partial charge in [-0.2, -0.15) is 5.10 Å². The molecule has 27 heavy (non-hydrogen) atoms. The van der Waals surface area contributed by atoms with Gasteiger partial charge in [-0.1, -0.05) is 44.2 Å². The summed E-state index contributed by atoms with van der Waals surface area (Å²) in [6, 6.07) is 10.7. The van der Waals surface area contributed by atoms with Crippen LogP contribution < -0.4 is 5.32 Å². The topological polar surface area (TPSA) is 66.7 Å². The number of aromatic nitrogens is 1. The van der Waals surface area contributed by atoms with Crippen molar-refractivity contribution in [3.63, 3.8) is 0 Å². The van der Waals surface area contributed by atoms with Crippen LogP contribution in [0.5, 0.6) is 0 Å². The highest BCUT2D eigenvalue weighted by Crippen LogP contribution is 2.28. The van der Waals surface area contributed by atoms with Crippen molar-refractivity contribution in [2.75, 3.05) is 0 Å². The Morgan fingerprint density at radius 3 is 2.48 bits per heavy atom. The normalized spacial score (nSPS) is 20.1. The predicted molar refractivity (Wildman–Crippen MR) is 106 cm³/mol. The van der Waals surface area contributed by atoms with Gasteiger partial charge in [-0.3, -0.25) is 4.79 Å². The summed E-state index contributed by atoms with van der Waals surface area (Å²) in [5.74, 6) is 0.142. The number of nitrogens with zero attached hydrogens (tertiary/aromatic N) is 3. The molecule has 3 amide bonds. The second-order valence-corrected chi connectivity index (χ2v) is 7.61. The molecule has 1 aromatic heterocycles. The fraction of sp³-hybridized carbons (Fsp3) is 0.381. The second-order valence-electron chi connectivity index (χ2n) is 7.61. The number of hydrogen-bond donors (Lipinski definition) is 1. The Kier molecular flexibility index (Phi) is 4.91. The lowest BCUT2D eigenvalue weighted by Gasteiger charge is -2.20. The van der Waals surface area contributed by atoms with Crippen LogP contribution in [-0.4, -0.2) is 27.7 Å². The van der Waals surface area contributed by atoms with Gasteiger partial charge in [-0.15, -0.1) is 5.01 Å². The van der Waals surface area contributed by atoms with Crippen LogP contribution in [0.1, 0.15) is 43.3 Å². The molecule has 0 radical (unpaired) electrons. The van der Waals surface area contributed by atoms with Crippen molar-refractivity contribution in [3.05, 3.63) is 58.9 Å². The molecular weight excluding hydrogens is 340 g/mol. The van der Waals surface area contributed by atoms with E-state index >= 15 is 0 Å². The van der Waals surface area contributed by atoms with E-state index in [4.69, 9.17) is 0 Å². The van der Waals surface area contributed by atoms with Crippen molar-refractivity contribution in [3.8, 4) is 0 Å². The molecule has 0 unspecified atom stereocenters. The summed E-state index contributed by atoms with van der Waals surface area (Å²) in [5.41, 5.74) is 2.74. The second kappa shape index (κ2) is 7.02. The molecule has 1 saturated heterocycles. The average molecular weight is 366 g/mol. The van der Waals surface area contributed by atoms with Crippen molar-refractivity contribution in [2.24, 2.45) is 11.0 Å². The molecule has 1 N–H and O–H groups in total. The van der Waals surface area contributed by atoms with E-state index in [9.17, 15) is 9.59 Å². The summed E-state index contributed by atoms with van der Waals surface area (Å²) in [6.07, 6.45) is 1.59. The van der Waals surface area contributed by atoms with Crippen molar-refractivity contribution in [2.45, 2.75) is 46.7 Å². The van der Waals surface area contributed by atoms with Crippen LogP contribution in [0.3, 0.4) is 0 Å². The molecule has 0 spiro atoms. The van der Waals surface area contributed by atoms with Crippen LogP contribution in [0.4, 0.5) is 4.79 Å². The molecule has 0 saturated carbocycles. The lowest BCUT2D eigenvalue weighted by Crippen LogP contribution is -2.40. The predicted octanol–water partition coefficient (Wildman–Crippen LogP) is 3.56. The van der Waals surface area contributed by atoms with Crippen LogP contribution in [0.25, 0.3) is 0 Å². The Morgan fingerprint density at radius 1 is 1.19 bits per heavy atom. The van der Waals surface area contributed by atoms with Gasteiger partial charge >= 0.3 is 6.03 Å². The summed E-state index contributed by atoms with van der Waals surface area (Å²) in [6.45, 7) is 11.0. The zero-order valence-electron chi connectivity index (χ0n) is 16.5. The summed E-state index contributed by atoms with van der Waals surface area (Å²) in [4.78, 5) is 25.3. The van der Waals surface area contributed by atoms with Gasteiger partial charge in [0.2, 0.25) is 0 Å². The van der Waals surface area contributed by atoms with Crippen LogP contribution in [0.15, 0.2) is 41.5 Å². The first-order valence-electron chi connectivity index (χ1n) is 9.17. The standard InChI is InChI=1S/C21H26N4O2/c1-14(2)13-24-15(3)11-17(16(24)4)12-22-25-19(26)21(5,23-20(25)27)18-9-7-6-8-10-18/h6-12,14H,13H2,1-5H3,(H,23,27)/b22-12-/t21-/m0/s1. The van der Waals surface area contributed by atoms with E-state index in [-0.39, 0.29) is 5.91 Å². The van der Waals surface area contributed by atoms with E-state index in [1.54, 1.807) is 13.1 Å². The van der Waals surface area contributed by atoms with Gasteiger partial charge in [0.15, 0.2) is 0 Å². The smallest absolute Gasteiger partial charge is 0.346 e. The zero-order valence-corrected chi connectivity index (χ0v) is 16.5. The molecule has 1 aliphatic rings. The van der Waals surface area contributed by atoms with Gasteiger partial charge in [0, 0.05) is 23.5 Å². The van der Waals surface area contributed by atoms with Crippen molar-refractivity contribution in [1.29, 1.82) is 0 Å². The first kappa shape index (κ1) is 18.9. The van der Waals surface area contributed by atoms with Gasteiger partial charge in [0.05, 0.1) is 6.21 Å². The maximum atomic E-state index is 12.9. The van der Waals surface area contributed by atoms with E-state index in [1.807, 2.05) is 50.2 Å². The Labute approximate surface area is 159 Å². The quantitative estimate of drug-likeness (QED) is 0.649. The van der Waals surface area contributed by atoms with E-state index in [2.05, 4.69) is 28.8 Å². The van der Waals surface area contributed by atoms with Crippen molar-refractivity contribution in [1.82, 2.24) is 14.9 Å². The van der Waals surface area contributed by atoms with Crippen molar-refractivity contribution < 1.29 is 9.59 Å². The largest absolute Gasteiger partial charge is 0.348 e. The van der Waals surface area contributed by atoms with E-state index < -0.39 is 11.6 Å². The monoisotopic (exact) mass is 366 g/mol. The Morgan fingerprint density at radius 2 is 1.85 bits per heavy atom. The molecule has 1 atom stereocenters. The molecule has 1 fully saturated rings. The van der Waals surface area contributed by atoms with Gasteiger partial charge in [-0.05, 0) is 38.3 Å². The number of aryl methyl sites for hydroxylation is 1. The number of hydrazone groups is 1. The summed E-state index contributed by atoms with van der Waals surface area (Å²) < 4.78 is 2.23. The molecule has 1 aromatic carbocycles. The van der Waals surface area contributed by atoms with Gasteiger partial charge in [0.25, 0.3) is 5.91 Å². The fourth-order valence-electron chi connectivity index (χ4n) is 3.42. The number of amides is 3. The third kappa shape index (κ3) is 3.39. The Bertz CT molecular complexity index is 898. The summed E-state index contributed by atoms with van der Waals surface area (Å²) >= 11 is 0. The number of nitrogens with one attached hydrogen (secondary N) is 1. The Balaban J connectivity index is 1.86. The van der Waals surface area contributed by atoms with E-state index in [0.717, 1.165) is 34.1 Å². The summed E-state index contributed by atoms with van der Waals surface area (Å²) in [7, 11) is 0. The number of urea groups is 1. The molecule has 6 heteroatoms. The first-order chi connectivity index (χ1) is 12.7.